The second kappa shape index (κ2) is 7.74. The minimum atomic E-state index is -0.343. The zero-order valence-corrected chi connectivity index (χ0v) is 14.9. The molecule has 126 valence electrons. The quantitative estimate of drug-likeness (QED) is 0.458. The van der Waals surface area contributed by atoms with Crippen LogP contribution in [0.2, 0.25) is 15.1 Å². The maximum atomic E-state index is 11.9. The lowest BCUT2D eigenvalue weighted by atomic mass is 10.2. The molecular weight excluding hydrogens is 383 g/mol. The Morgan fingerprint density at radius 1 is 0.960 bits per heavy atom. The van der Waals surface area contributed by atoms with Crippen LogP contribution in [0.15, 0.2) is 64.1 Å². The first-order valence-electron chi connectivity index (χ1n) is 7.17. The zero-order chi connectivity index (χ0) is 17.8. The molecule has 0 spiro atoms. The second-order valence-corrected chi connectivity index (χ2v) is 6.29. The summed E-state index contributed by atoms with van der Waals surface area (Å²) < 4.78 is 5.65. The molecule has 1 amide bonds. The third kappa shape index (κ3) is 4.42. The van der Waals surface area contributed by atoms with E-state index in [1.807, 2.05) is 0 Å². The van der Waals surface area contributed by atoms with Crippen LogP contribution in [0.3, 0.4) is 0 Å². The van der Waals surface area contributed by atoms with E-state index in [1.54, 1.807) is 54.6 Å². The summed E-state index contributed by atoms with van der Waals surface area (Å²) >= 11 is 17.7. The van der Waals surface area contributed by atoms with Gasteiger partial charge in [0.15, 0.2) is 0 Å². The standard InChI is InChI=1S/C18H11Cl3N2O2/c19-13-4-1-11(2-5-13)18(24)23-22-10-14-6-8-17(25-14)12-3-7-15(20)16(21)9-12/h1-10H,(H,23,24). The Bertz CT molecular complexity index is 934. The molecule has 2 aromatic carbocycles. The maximum absolute atomic E-state index is 11.9. The van der Waals surface area contributed by atoms with Gasteiger partial charge in [0.2, 0.25) is 0 Å². The normalized spacial score (nSPS) is 11.0. The van der Waals surface area contributed by atoms with Gasteiger partial charge in [-0.15, -0.1) is 0 Å². The number of nitrogens with zero attached hydrogens (tertiary/aromatic N) is 1. The van der Waals surface area contributed by atoms with Gasteiger partial charge in [-0.3, -0.25) is 4.79 Å². The van der Waals surface area contributed by atoms with Crippen LogP contribution in [0.4, 0.5) is 0 Å². The SMILES string of the molecule is O=C(NN=Cc1ccc(-c2ccc(Cl)c(Cl)c2)o1)c1ccc(Cl)cc1. The van der Waals surface area contributed by atoms with E-state index in [0.717, 1.165) is 5.56 Å². The summed E-state index contributed by atoms with van der Waals surface area (Å²) in [5.74, 6) is 0.755. The number of carbonyl (C=O) groups excluding carboxylic acids is 1. The molecule has 4 nitrogen and oxygen atoms in total. The Kier molecular flexibility index (Phi) is 5.43. The predicted octanol–water partition coefficient (Wildman–Crippen LogP) is 5.67. The van der Waals surface area contributed by atoms with Crippen molar-refractivity contribution in [2.24, 2.45) is 5.10 Å². The average molecular weight is 394 g/mol. The fraction of sp³-hybridized carbons (Fsp3) is 0. The van der Waals surface area contributed by atoms with Crippen LogP contribution < -0.4 is 5.43 Å². The summed E-state index contributed by atoms with van der Waals surface area (Å²) in [6.07, 6.45) is 1.41. The van der Waals surface area contributed by atoms with Gasteiger partial charge >= 0.3 is 0 Å². The van der Waals surface area contributed by atoms with Crippen molar-refractivity contribution in [3.8, 4) is 11.3 Å². The van der Waals surface area contributed by atoms with Crippen molar-refractivity contribution >= 4 is 46.9 Å². The number of hydrogen-bond donors (Lipinski definition) is 1. The lowest BCUT2D eigenvalue weighted by molar-refractivity contribution is 0.0955. The van der Waals surface area contributed by atoms with Crippen LogP contribution in [0.25, 0.3) is 11.3 Å². The fourth-order valence-electron chi connectivity index (χ4n) is 2.05. The number of nitrogens with one attached hydrogen (secondary N) is 1. The predicted molar refractivity (Wildman–Crippen MR) is 101 cm³/mol. The zero-order valence-electron chi connectivity index (χ0n) is 12.7. The van der Waals surface area contributed by atoms with E-state index < -0.39 is 0 Å². The van der Waals surface area contributed by atoms with Gasteiger partial charge in [-0.2, -0.15) is 5.10 Å². The maximum Gasteiger partial charge on any atom is 0.271 e. The number of carbonyl (C=O) groups is 1. The van der Waals surface area contributed by atoms with Crippen LogP contribution in [-0.4, -0.2) is 12.1 Å². The number of amides is 1. The van der Waals surface area contributed by atoms with Gasteiger partial charge in [0, 0.05) is 16.1 Å². The molecular formula is C18H11Cl3N2O2. The highest BCUT2D eigenvalue weighted by atomic mass is 35.5. The summed E-state index contributed by atoms with van der Waals surface area (Å²) in [7, 11) is 0. The first-order valence-corrected chi connectivity index (χ1v) is 8.30. The van der Waals surface area contributed by atoms with Crippen LogP contribution in [0.1, 0.15) is 16.1 Å². The summed E-state index contributed by atoms with van der Waals surface area (Å²) in [4.78, 5) is 11.9. The molecule has 0 aliphatic rings. The van der Waals surface area contributed by atoms with Crippen LogP contribution >= 0.6 is 34.8 Å². The molecule has 0 bridgehead atoms. The van der Waals surface area contributed by atoms with Gasteiger partial charge in [0.1, 0.15) is 11.5 Å². The van der Waals surface area contributed by atoms with Crippen molar-refractivity contribution in [3.05, 3.63) is 81.0 Å². The largest absolute Gasteiger partial charge is 0.455 e. The molecule has 0 aliphatic heterocycles. The molecule has 0 aliphatic carbocycles. The molecule has 0 atom stereocenters. The molecule has 1 heterocycles. The Hall–Kier alpha value is -2.27. The highest BCUT2D eigenvalue weighted by Crippen LogP contribution is 2.29. The van der Waals surface area contributed by atoms with Gasteiger partial charge in [0.05, 0.1) is 16.3 Å². The van der Waals surface area contributed by atoms with E-state index >= 15 is 0 Å². The summed E-state index contributed by atoms with van der Waals surface area (Å²) in [5.41, 5.74) is 3.67. The van der Waals surface area contributed by atoms with Crippen molar-refractivity contribution in [1.82, 2.24) is 5.43 Å². The van der Waals surface area contributed by atoms with E-state index in [9.17, 15) is 4.79 Å². The first-order chi connectivity index (χ1) is 12.0. The molecule has 0 unspecified atom stereocenters. The highest BCUT2D eigenvalue weighted by molar-refractivity contribution is 6.42. The number of benzene rings is 2. The number of furan rings is 1. The van der Waals surface area contributed by atoms with Crippen LogP contribution in [-0.2, 0) is 0 Å². The van der Waals surface area contributed by atoms with Gasteiger partial charge in [-0.05, 0) is 54.6 Å². The topological polar surface area (TPSA) is 54.6 Å². The van der Waals surface area contributed by atoms with Crippen molar-refractivity contribution in [2.45, 2.75) is 0 Å². The smallest absolute Gasteiger partial charge is 0.271 e. The molecule has 3 rings (SSSR count). The highest BCUT2D eigenvalue weighted by Gasteiger charge is 2.07. The van der Waals surface area contributed by atoms with Crippen molar-refractivity contribution < 1.29 is 9.21 Å². The summed E-state index contributed by atoms with van der Waals surface area (Å²) in [5, 5.41) is 5.36. The first kappa shape index (κ1) is 17.5. The Morgan fingerprint density at radius 2 is 1.72 bits per heavy atom. The molecule has 0 fully saturated rings. The van der Waals surface area contributed by atoms with Crippen molar-refractivity contribution in [2.75, 3.05) is 0 Å². The average Bonchev–Trinajstić information content (AvgIpc) is 3.07. The van der Waals surface area contributed by atoms with E-state index in [0.29, 0.717) is 32.2 Å². The van der Waals surface area contributed by atoms with E-state index in [2.05, 4.69) is 10.5 Å². The molecule has 0 saturated heterocycles. The molecule has 25 heavy (non-hydrogen) atoms. The van der Waals surface area contributed by atoms with E-state index in [1.165, 1.54) is 6.21 Å². The molecule has 0 radical (unpaired) electrons. The lowest BCUT2D eigenvalue weighted by Gasteiger charge is -2.00. The number of rotatable bonds is 4. The van der Waals surface area contributed by atoms with E-state index in [-0.39, 0.29) is 5.91 Å². The Morgan fingerprint density at radius 3 is 2.44 bits per heavy atom. The van der Waals surface area contributed by atoms with E-state index in [4.69, 9.17) is 39.2 Å². The fourth-order valence-corrected chi connectivity index (χ4v) is 2.47. The summed E-state index contributed by atoms with van der Waals surface area (Å²) in [6.45, 7) is 0. The van der Waals surface area contributed by atoms with Gasteiger partial charge in [0.25, 0.3) is 5.91 Å². The third-order valence-corrected chi connectivity index (χ3v) is 4.29. The molecule has 0 saturated carbocycles. The van der Waals surface area contributed by atoms with Crippen LogP contribution in [0, 0.1) is 0 Å². The number of hydrogen-bond acceptors (Lipinski definition) is 3. The van der Waals surface area contributed by atoms with Gasteiger partial charge in [-0.1, -0.05) is 34.8 Å². The number of hydrazone groups is 1. The Balaban J connectivity index is 1.66. The molecule has 1 N–H and O–H groups in total. The lowest BCUT2D eigenvalue weighted by Crippen LogP contribution is -2.17. The minimum Gasteiger partial charge on any atom is -0.455 e. The summed E-state index contributed by atoms with van der Waals surface area (Å²) in [6, 6.07) is 15.2. The third-order valence-electron chi connectivity index (χ3n) is 3.30. The molecule has 3 aromatic rings. The van der Waals surface area contributed by atoms with Crippen molar-refractivity contribution in [3.63, 3.8) is 0 Å². The van der Waals surface area contributed by atoms with Crippen LogP contribution in [0.5, 0.6) is 0 Å². The monoisotopic (exact) mass is 392 g/mol. The molecule has 7 heteroatoms. The second-order valence-electron chi connectivity index (χ2n) is 5.04. The Labute approximate surface area is 159 Å². The molecule has 1 aromatic heterocycles. The van der Waals surface area contributed by atoms with Crippen molar-refractivity contribution in [1.29, 1.82) is 0 Å². The van der Waals surface area contributed by atoms with Gasteiger partial charge in [-0.25, -0.2) is 5.43 Å². The number of halogens is 3. The van der Waals surface area contributed by atoms with Gasteiger partial charge < -0.3 is 4.42 Å². The minimum absolute atomic E-state index is 0.343.